The number of hydrogen-bond donors (Lipinski definition) is 0. The number of halogens is 3. The van der Waals surface area contributed by atoms with E-state index in [0.717, 1.165) is 35.4 Å². The predicted octanol–water partition coefficient (Wildman–Crippen LogP) is 4.24. The molecule has 0 amide bonds. The van der Waals surface area contributed by atoms with Gasteiger partial charge in [-0.3, -0.25) is 4.90 Å². The van der Waals surface area contributed by atoms with Gasteiger partial charge in [-0.2, -0.15) is 0 Å². The molecule has 1 saturated carbocycles. The van der Waals surface area contributed by atoms with Gasteiger partial charge in [0, 0.05) is 55.1 Å². The van der Waals surface area contributed by atoms with Crippen LogP contribution in [0.15, 0.2) is 53.6 Å². The number of alkyl halides is 2. The number of piperazine rings is 1. The second-order valence-electron chi connectivity index (χ2n) is 8.07. The quantitative estimate of drug-likeness (QED) is 0.585. The fourth-order valence-corrected chi connectivity index (χ4v) is 5.81. The molecule has 0 atom stereocenters. The highest BCUT2D eigenvalue weighted by molar-refractivity contribution is 7.90. The molecule has 0 unspecified atom stereocenters. The topological polar surface area (TPSA) is 45.6 Å². The Kier molecular flexibility index (Phi) is 4.97. The van der Waals surface area contributed by atoms with Crippen LogP contribution in [0, 0.1) is 5.82 Å². The summed E-state index contributed by atoms with van der Waals surface area (Å²) in [5, 5.41) is 0.234. The maximum Gasteiger partial charge on any atom is 0.268 e. The number of anilines is 1. The van der Waals surface area contributed by atoms with E-state index in [-0.39, 0.29) is 21.4 Å². The van der Waals surface area contributed by atoms with Crippen LogP contribution in [0.3, 0.4) is 0 Å². The van der Waals surface area contributed by atoms with Crippen LogP contribution in [0.2, 0.25) is 0 Å². The average molecular weight is 449 g/mol. The molecule has 2 aromatic carbocycles. The molecule has 2 aliphatic rings. The Hall–Kier alpha value is -2.52. The zero-order chi connectivity index (χ0) is 21.8. The molecule has 1 saturated heterocycles. The van der Waals surface area contributed by atoms with E-state index >= 15 is 0 Å². The molecule has 1 aromatic heterocycles. The van der Waals surface area contributed by atoms with E-state index in [1.165, 1.54) is 31.0 Å². The molecule has 0 bridgehead atoms. The summed E-state index contributed by atoms with van der Waals surface area (Å²) >= 11 is 0. The van der Waals surface area contributed by atoms with E-state index < -0.39 is 22.3 Å². The molecule has 31 heavy (non-hydrogen) atoms. The van der Waals surface area contributed by atoms with Crippen LogP contribution in [0.4, 0.5) is 18.9 Å². The Labute approximate surface area is 178 Å². The fourth-order valence-electron chi connectivity index (χ4n) is 4.40. The molecule has 1 aliphatic heterocycles. The summed E-state index contributed by atoms with van der Waals surface area (Å²) in [6, 6.07) is 10.2. The van der Waals surface area contributed by atoms with Crippen LogP contribution in [0.25, 0.3) is 10.9 Å². The van der Waals surface area contributed by atoms with Gasteiger partial charge in [-0.15, -0.1) is 0 Å². The lowest BCUT2D eigenvalue weighted by atomic mass is 10.1. The van der Waals surface area contributed by atoms with E-state index in [0.29, 0.717) is 24.8 Å². The molecule has 9 heteroatoms. The average Bonchev–Trinajstić information content (AvgIpc) is 3.52. The van der Waals surface area contributed by atoms with Crippen LogP contribution in [0.1, 0.15) is 24.8 Å². The Bertz CT molecular complexity index is 1230. The van der Waals surface area contributed by atoms with Gasteiger partial charge in [-0.1, -0.05) is 12.1 Å². The predicted molar refractivity (Wildman–Crippen MR) is 113 cm³/mol. The van der Waals surface area contributed by atoms with E-state index in [9.17, 15) is 21.6 Å². The van der Waals surface area contributed by atoms with Crippen LogP contribution >= 0.6 is 0 Å². The van der Waals surface area contributed by atoms with E-state index in [4.69, 9.17) is 0 Å². The van der Waals surface area contributed by atoms with Crippen molar-refractivity contribution in [2.24, 2.45) is 0 Å². The molecule has 0 spiro atoms. The third-order valence-electron chi connectivity index (χ3n) is 6.11. The molecule has 2 heterocycles. The molecule has 5 rings (SSSR count). The molecule has 5 nitrogen and oxygen atoms in total. The Morgan fingerprint density at radius 3 is 2.32 bits per heavy atom. The van der Waals surface area contributed by atoms with Crippen molar-refractivity contribution in [2.45, 2.75) is 30.2 Å². The Balaban J connectivity index is 1.61. The first-order valence-electron chi connectivity index (χ1n) is 10.3. The summed E-state index contributed by atoms with van der Waals surface area (Å²) in [7, 11) is -4.24. The van der Waals surface area contributed by atoms with Crippen LogP contribution in [-0.4, -0.2) is 49.5 Å². The van der Waals surface area contributed by atoms with E-state index in [1.807, 2.05) is 4.90 Å². The molecule has 0 radical (unpaired) electrons. The van der Waals surface area contributed by atoms with Gasteiger partial charge in [0.05, 0.1) is 10.4 Å². The van der Waals surface area contributed by atoms with Gasteiger partial charge in [0.15, 0.2) is 0 Å². The summed E-state index contributed by atoms with van der Waals surface area (Å²) < 4.78 is 68.9. The number of hydrogen-bond acceptors (Lipinski definition) is 4. The maximum atomic E-state index is 14.0. The van der Waals surface area contributed by atoms with E-state index in [1.54, 1.807) is 12.1 Å². The molecule has 3 aromatic rings. The van der Waals surface area contributed by atoms with Gasteiger partial charge in [-0.25, -0.2) is 25.6 Å². The second-order valence-corrected chi connectivity index (χ2v) is 9.88. The van der Waals surface area contributed by atoms with Crippen molar-refractivity contribution >= 4 is 26.6 Å². The Morgan fingerprint density at radius 1 is 0.968 bits per heavy atom. The van der Waals surface area contributed by atoms with Crippen molar-refractivity contribution in [3.8, 4) is 0 Å². The lowest BCUT2D eigenvalue weighted by molar-refractivity contribution is 0.153. The second kappa shape index (κ2) is 7.56. The summed E-state index contributed by atoms with van der Waals surface area (Å²) in [6.07, 6.45) is 0.553. The van der Waals surface area contributed by atoms with Gasteiger partial charge in [0.2, 0.25) is 0 Å². The molecule has 0 N–H and O–H groups in total. The fraction of sp³-hybridized carbons (Fsp3) is 0.364. The number of rotatable bonds is 5. The maximum absolute atomic E-state index is 14.0. The number of benzene rings is 2. The molecule has 1 aliphatic carbocycles. The van der Waals surface area contributed by atoms with Crippen molar-refractivity contribution < 1.29 is 21.6 Å². The SMILES string of the molecule is O=S(=O)(c1cccc(F)c1)n1cc(C(F)F)c2c(N3CCN(C4CC4)CC3)cccc21. The molecule has 164 valence electrons. The van der Waals surface area contributed by atoms with Crippen molar-refractivity contribution in [1.82, 2.24) is 8.87 Å². The zero-order valence-corrected chi connectivity index (χ0v) is 17.5. The summed E-state index contributed by atoms with van der Waals surface area (Å²) in [6.45, 7) is 3.10. The van der Waals surface area contributed by atoms with E-state index in [2.05, 4.69) is 4.90 Å². The van der Waals surface area contributed by atoms with Crippen LogP contribution in [-0.2, 0) is 10.0 Å². The third kappa shape index (κ3) is 3.59. The first-order valence-corrected chi connectivity index (χ1v) is 11.7. The monoisotopic (exact) mass is 449 g/mol. The number of fused-ring (bicyclic) bond motifs is 1. The minimum atomic E-state index is -4.24. The highest BCUT2D eigenvalue weighted by Crippen LogP contribution is 2.39. The first kappa shape index (κ1) is 20.4. The molecule has 2 fully saturated rings. The van der Waals surface area contributed by atoms with Gasteiger partial charge in [0.1, 0.15) is 5.82 Å². The minimum Gasteiger partial charge on any atom is -0.368 e. The van der Waals surface area contributed by atoms with Gasteiger partial charge >= 0.3 is 0 Å². The standard InChI is InChI=1S/C22H22F3N3O2S/c23-15-3-1-4-17(13-15)31(29,30)28-14-18(22(24)25)21-19(5-2-6-20(21)28)27-11-9-26(10-12-27)16-7-8-16/h1-6,13-14,16,22H,7-12H2. The zero-order valence-electron chi connectivity index (χ0n) is 16.7. The van der Waals surface area contributed by atoms with Crippen LogP contribution in [0.5, 0.6) is 0 Å². The van der Waals surface area contributed by atoms with Crippen LogP contribution < -0.4 is 4.90 Å². The number of nitrogens with zero attached hydrogens (tertiary/aromatic N) is 3. The lowest BCUT2D eigenvalue weighted by Crippen LogP contribution is -2.47. The summed E-state index contributed by atoms with van der Waals surface area (Å²) in [5.74, 6) is -0.708. The van der Waals surface area contributed by atoms with Crippen molar-refractivity contribution in [2.75, 3.05) is 31.1 Å². The smallest absolute Gasteiger partial charge is 0.268 e. The number of aromatic nitrogens is 1. The normalized spacial score (nSPS) is 18.3. The molecular formula is C22H22F3N3O2S. The third-order valence-corrected chi connectivity index (χ3v) is 7.78. The first-order chi connectivity index (χ1) is 14.9. The highest BCUT2D eigenvalue weighted by atomic mass is 32.2. The molecular weight excluding hydrogens is 427 g/mol. The van der Waals surface area contributed by atoms with Gasteiger partial charge in [-0.05, 0) is 43.2 Å². The van der Waals surface area contributed by atoms with Crippen molar-refractivity contribution in [3.05, 3.63) is 60.0 Å². The minimum absolute atomic E-state index is 0.168. The Morgan fingerprint density at radius 2 is 1.68 bits per heavy atom. The van der Waals surface area contributed by atoms with Gasteiger partial charge < -0.3 is 4.90 Å². The summed E-state index contributed by atoms with van der Waals surface area (Å²) in [4.78, 5) is 4.19. The largest absolute Gasteiger partial charge is 0.368 e. The van der Waals surface area contributed by atoms with Crippen molar-refractivity contribution in [3.63, 3.8) is 0 Å². The van der Waals surface area contributed by atoms with Gasteiger partial charge in [0.25, 0.3) is 16.4 Å². The van der Waals surface area contributed by atoms with Crippen molar-refractivity contribution in [1.29, 1.82) is 0 Å². The lowest BCUT2D eigenvalue weighted by Gasteiger charge is -2.36. The highest BCUT2D eigenvalue weighted by Gasteiger charge is 2.33. The summed E-state index contributed by atoms with van der Waals surface area (Å²) in [5.41, 5.74) is 0.438.